The van der Waals surface area contributed by atoms with Gasteiger partial charge in [0.25, 0.3) is 0 Å². The maximum Gasteiger partial charge on any atom is 0.450 e. The predicted octanol–water partition coefficient (Wildman–Crippen LogP) is 2.69. The lowest BCUT2D eigenvalue weighted by atomic mass is 9.79. The third-order valence-corrected chi connectivity index (χ3v) is 3.73. The summed E-state index contributed by atoms with van der Waals surface area (Å²) in [6.45, 7) is 0.911. The van der Waals surface area contributed by atoms with Gasteiger partial charge >= 0.3 is 12.1 Å². The normalized spacial score (nSPS) is 17.5. The summed E-state index contributed by atoms with van der Waals surface area (Å²) in [7, 11) is 1.10. The number of methoxy groups -OCH3 is 1. The summed E-state index contributed by atoms with van der Waals surface area (Å²) in [6.07, 6.45) is -5.02. The molecule has 1 aliphatic rings. The first kappa shape index (κ1) is 19.1. The lowest BCUT2D eigenvalue weighted by molar-refractivity contribution is -0.131. The van der Waals surface area contributed by atoms with Crippen LogP contribution in [0.4, 0.5) is 13.2 Å². The van der Waals surface area contributed by atoms with Crippen LogP contribution in [0, 0.1) is 11.3 Å². The van der Waals surface area contributed by atoms with Crippen LogP contribution in [-0.2, 0) is 14.3 Å². The second-order valence-corrected chi connectivity index (χ2v) is 5.30. The number of hydrogen-bond acceptors (Lipinski definition) is 6. The number of benzene rings is 1. The number of esters is 1. The largest absolute Gasteiger partial charge is 0.465 e. The van der Waals surface area contributed by atoms with Crippen molar-refractivity contribution in [3.63, 3.8) is 0 Å². The van der Waals surface area contributed by atoms with E-state index in [1.54, 1.807) is 6.07 Å². The molecule has 0 radical (unpaired) electrons. The molecule has 1 atom stereocenters. The van der Waals surface area contributed by atoms with Gasteiger partial charge in [-0.2, -0.15) is 18.4 Å². The van der Waals surface area contributed by atoms with E-state index >= 15 is 0 Å². The number of nitrogens with zero attached hydrogens (tertiary/aromatic N) is 1. The molecule has 6 nitrogen and oxygen atoms in total. The number of ether oxygens (including phenoxy) is 2. The first-order chi connectivity index (χ1) is 12.1. The maximum atomic E-state index is 13.4. The highest BCUT2D eigenvalue weighted by atomic mass is 19.4. The number of rotatable bonds is 3. The smallest absolute Gasteiger partial charge is 0.450 e. The van der Waals surface area contributed by atoms with Crippen LogP contribution in [-0.4, -0.2) is 25.0 Å². The van der Waals surface area contributed by atoms with Crippen LogP contribution < -0.4 is 5.73 Å². The Labute approximate surface area is 146 Å². The molecule has 0 bridgehead atoms. The molecule has 0 aromatic heterocycles. The number of nitriles is 1. The molecule has 9 heteroatoms. The van der Waals surface area contributed by atoms with E-state index in [1.807, 2.05) is 0 Å². The zero-order valence-electron chi connectivity index (χ0n) is 13.7. The SMILES string of the molecule is COC(=O)c1ccccc1C1C(C#N)=C(N)OC(C(F)(F)F)=C1C(C)=O. The Morgan fingerprint density at radius 1 is 1.31 bits per heavy atom. The number of alkyl halides is 3. The minimum Gasteiger partial charge on any atom is -0.465 e. The second-order valence-electron chi connectivity index (χ2n) is 5.30. The minimum atomic E-state index is -5.02. The minimum absolute atomic E-state index is 0.0194. The molecule has 136 valence electrons. The van der Waals surface area contributed by atoms with E-state index < -0.39 is 46.6 Å². The highest BCUT2D eigenvalue weighted by molar-refractivity contribution is 5.99. The molecule has 2 rings (SSSR count). The summed E-state index contributed by atoms with van der Waals surface area (Å²) in [6, 6.07) is 7.22. The van der Waals surface area contributed by atoms with Crippen molar-refractivity contribution in [2.24, 2.45) is 5.73 Å². The average Bonchev–Trinajstić information content (AvgIpc) is 2.58. The molecule has 0 saturated carbocycles. The van der Waals surface area contributed by atoms with Crippen molar-refractivity contribution in [2.75, 3.05) is 7.11 Å². The third kappa shape index (κ3) is 3.26. The van der Waals surface area contributed by atoms with Crippen molar-refractivity contribution in [3.8, 4) is 6.07 Å². The first-order valence-corrected chi connectivity index (χ1v) is 7.20. The average molecular weight is 366 g/mol. The van der Waals surface area contributed by atoms with Crippen molar-refractivity contribution in [2.45, 2.75) is 19.0 Å². The van der Waals surface area contributed by atoms with Gasteiger partial charge in [-0.1, -0.05) is 18.2 Å². The second kappa shape index (κ2) is 6.92. The summed E-state index contributed by atoms with van der Waals surface area (Å²) in [4.78, 5) is 24.0. The molecule has 0 fully saturated rings. The number of halogens is 3. The fourth-order valence-corrected chi connectivity index (χ4v) is 2.69. The zero-order chi connectivity index (χ0) is 19.6. The standard InChI is InChI=1S/C17H13F3N2O4/c1-8(23)12-13(9-5-3-4-6-10(9)16(24)25-2)11(7-21)15(22)26-14(12)17(18,19)20/h3-6,13H,22H2,1-2H3. The number of ketones is 1. The Kier molecular flexibility index (Phi) is 5.07. The van der Waals surface area contributed by atoms with Crippen molar-refractivity contribution >= 4 is 11.8 Å². The zero-order valence-corrected chi connectivity index (χ0v) is 13.7. The molecule has 1 aliphatic heterocycles. The Morgan fingerprint density at radius 2 is 1.92 bits per heavy atom. The van der Waals surface area contributed by atoms with Gasteiger partial charge in [0.15, 0.2) is 5.78 Å². The van der Waals surface area contributed by atoms with Gasteiger partial charge in [-0.05, 0) is 18.6 Å². The highest BCUT2D eigenvalue weighted by Crippen LogP contribution is 2.45. The quantitative estimate of drug-likeness (QED) is 0.825. The Morgan fingerprint density at radius 3 is 2.42 bits per heavy atom. The van der Waals surface area contributed by atoms with Crippen molar-refractivity contribution in [3.05, 3.63) is 58.2 Å². The van der Waals surface area contributed by atoms with E-state index in [-0.39, 0.29) is 11.1 Å². The monoisotopic (exact) mass is 366 g/mol. The van der Waals surface area contributed by atoms with Gasteiger partial charge in [0.2, 0.25) is 11.6 Å². The molecule has 0 aliphatic carbocycles. The number of nitrogens with two attached hydrogens (primary N) is 1. The summed E-state index contributed by atoms with van der Waals surface area (Å²) >= 11 is 0. The summed E-state index contributed by atoms with van der Waals surface area (Å²) in [5.41, 5.74) is 4.18. The van der Waals surface area contributed by atoms with Crippen LogP contribution in [0.5, 0.6) is 0 Å². The Balaban J connectivity index is 2.87. The molecule has 0 spiro atoms. The van der Waals surface area contributed by atoms with Gasteiger partial charge in [-0.3, -0.25) is 4.79 Å². The van der Waals surface area contributed by atoms with Gasteiger partial charge in [0.1, 0.15) is 11.6 Å². The van der Waals surface area contributed by atoms with E-state index in [9.17, 15) is 28.0 Å². The molecule has 26 heavy (non-hydrogen) atoms. The van der Waals surface area contributed by atoms with Crippen LogP contribution in [0.3, 0.4) is 0 Å². The number of allylic oxidation sites excluding steroid dienone is 3. The van der Waals surface area contributed by atoms with E-state index in [4.69, 9.17) is 5.73 Å². The fourth-order valence-electron chi connectivity index (χ4n) is 2.69. The van der Waals surface area contributed by atoms with Crippen LogP contribution in [0.15, 0.2) is 47.1 Å². The molecule has 2 N–H and O–H groups in total. The first-order valence-electron chi connectivity index (χ1n) is 7.20. The fraction of sp³-hybridized carbons (Fsp3) is 0.235. The van der Waals surface area contributed by atoms with E-state index in [1.165, 1.54) is 24.3 Å². The number of carbonyl (C=O) groups excluding carboxylic acids is 2. The molecule has 1 aromatic rings. The maximum absolute atomic E-state index is 13.4. The predicted molar refractivity (Wildman–Crippen MR) is 82.2 cm³/mol. The summed E-state index contributed by atoms with van der Waals surface area (Å²) < 4.78 is 49.3. The summed E-state index contributed by atoms with van der Waals surface area (Å²) in [5, 5.41) is 9.37. The van der Waals surface area contributed by atoms with E-state index in [2.05, 4.69) is 9.47 Å². The summed E-state index contributed by atoms with van der Waals surface area (Å²) in [5.74, 6) is -5.71. The third-order valence-electron chi connectivity index (χ3n) is 3.73. The lowest BCUT2D eigenvalue weighted by Crippen LogP contribution is -2.31. The van der Waals surface area contributed by atoms with Gasteiger partial charge in [-0.25, -0.2) is 4.79 Å². The molecular formula is C17H13F3N2O4. The molecular weight excluding hydrogens is 353 g/mol. The van der Waals surface area contributed by atoms with E-state index in [0.29, 0.717) is 0 Å². The number of hydrogen-bond donors (Lipinski definition) is 1. The number of Topliss-reactive ketones (excluding diaryl/α,β-unsaturated/α-hetero) is 1. The van der Waals surface area contributed by atoms with Crippen LogP contribution in [0.25, 0.3) is 0 Å². The van der Waals surface area contributed by atoms with Crippen molar-refractivity contribution < 1.29 is 32.2 Å². The van der Waals surface area contributed by atoms with Gasteiger partial charge in [-0.15, -0.1) is 0 Å². The van der Waals surface area contributed by atoms with Gasteiger partial charge in [0, 0.05) is 0 Å². The molecule has 1 aromatic carbocycles. The van der Waals surface area contributed by atoms with Crippen LogP contribution >= 0.6 is 0 Å². The van der Waals surface area contributed by atoms with Crippen molar-refractivity contribution in [1.82, 2.24) is 0 Å². The number of carbonyl (C=O) groups is 2. The molecule has 0 amide bonds. The molecule has 1 unspecified atom stereocenters. The van der Waals surface area contributed by atoms with E-state index in [0.717, 1.165) is 14.0 Å². The van der Waals surface area contributed by atoms with Crippen LogP contribution in [0.1, 0.15) is 28.8 Å². The van der Waals surface area contributed by atoms with Crippen LogP contribution in [0.2, 0.25) is 0 Å². The Bertz CT molecular complexity index is 879. The molecule has 0 saturated heterocycles. The highest BCUT2D eigenvalue weighted by Gasteiger charge is 2.47. The topological polar surface area (TPSA) is 102 Å². The lowest BCUT2D eigenvalue weighted by Gasteiger charge is -2.29. The van der Waals surface area contributed by atoms with Gasteiger partial charge in [0.05, 0.1) is 24.2 Å². The molecule has 1 heterocycles. The van der Waals surface area contributed by atoms with Gasteiger partial charge < -0.3 is 15.2 Å². The van der Waals surface area contributed by atoms with Crippen molar-refractivity contribution in [1.29, 1.82) is 5.26 Å². The Hall–Kier alpha value is -3.28.